The third-order valence-electron chi connectivity index (χ3n) is 2.67. The minimum Gasteiger partial charge on any atom is -0.394 e. The Hall–Kier alpha value is -1.29. The lowest BCUT2D eigenvalue weighted by molar-refractivity contribution is 0.249. The second-order valence-electron chi connectivity index (χ2n) is 4.57. The highest BCUT2D eigenvalue weighted by Gasteiger charge is 2.11. The fraction of sp³-hybridized carbons (Fsp3) is 0.615. The average molecular weight is 237 g/mol. The predicted molar refractivity (Wildman–Crippen MR) is 72.4 cm³/mol. The summed E-state index contributed by atoms with van der Waals surface area (Å²) in [5, 5.41) is 15.9. The van der Waals surface area contributed by atoms with Gasteiger partial charge in [-0.1, -0.05) is 20.8 Å². The van der Waals surface area contributed by atoms with Gasteiger partial charge < -0.3 is 15.7 Å². The van der Waals surface area contributed by atoms with Crippen molar-refractivity contribution in [2.24, 2.45) is 5.92 Å². The largest absolute Gasteiger partial charge is 0.394 e. The van der Waals surface area contributed by atoms with Crippen molar-refractivity contribution in [3.05, 3.63) is 18.5 Å². The quantitative estimate of drug-likeness (QED) is 0.681. The van der Waals surface area contributed by atoms with E-state index in [1.807, 2.05) is 12.3 Å². The summed E-state index contributed by atoms with van der Waals surface area (Å²) in [6, 6.07) is 2.09. The van der Waals surface area contributed by atoms with E-state index in [-0.39, 0.29) is 12.6 Å². The Morgan fingerprint density at radius 2 is 2.00 bits per heavy atom. The molecular weight excluding hydrogens is 214 g/mol. The highest BCUT2D eigenvalue weighted by atomic mass is 16.3. The van der Waals surface area contributed by atoms with Crippen LogP contribution in [0.5, 0.6) is 0 Å². The third kappa shape index (κ3) is 4.61. The standard InChI is InChI=1S/C13H23N3O/c1-4-5-15-11-6-12(8-14-7-11)16-13(9-17)10(2)3/h6-8,10,13,15-17H,4-5,9H2,1-3H3. The molecule has 1 aromatic heterocycles. The van der Waals surface area contributed by atoms with Crippen molar-refractivity contribution in [3.63, 3.8) is 0 Å². The molecule has 0 fully saturated rings. The normalized spacial score (nSPS) is 12.5. The Morgan fingerprint density at radius 3 is 2.59 bits per heavy atom. The van der Waals surface area contributed by atoms with Crippen LogP contribution >= 0.6 is 0 Å². The van der Waals surface area contributed by atoms with E-state index in [2.05, 4.69) is 36.4 Å². The highest BCUT2D eigenvalue weighted by molar-refractivity contribution is 5.54. The summed E-state index contributed by atoms with van der Waals surface area (Å²) < 4.78 is 0. The molecule has 4 heteroatoms. The maximum atomic E-state index is 9.27. The number of aliphatic hydroxyl groups excluding tert-OH is 1. The van der Waals surface area contributed by atoms with E-state index >= 15 is 0 Å². The van der Waals surface area contributed by atoms with Crippen LogP contribution in [0.2, 0.25) is 0 Å². The number of aliphatic hydroxyl groups is 1. The molecule has 0 aromatic carbocycles. The zero-order valence-corrected chi connectivity index (χ0v) is 10.9. The van der Waals surface area contributed by atoms with Gasteiger partial charge in [0, 0.05) is 6.54 Å². The fourth-order valence-electron chi connectivity index (χ4n) is 1.52. The number of nitrogens with one attached hydrogen (secondary N) is 2. The first kappa shape index (κ1) is 13.8. The average Bonchev–Trinajstić information content (AvgIpc) is 2.33. The number of aromatic nitrogens is 1. The Bertz CT molecular complexity index is 328. The Kier molecular flexibility index (Phi) is 5.77. The molecule has 96 valence electrons. The first-order valence-corrected chi connectivity index (χ1v) is 6.23. The van der Waals surface area contributed by atoms with Crippen molar-refractivity contribution in [3.8, 4) is 0 Å². The first-order valence-electron chi connectivity index (χ1n) is 6.23. The van der Waals surface area contributed by atoms with E-state index in [1.165, 1.54) is 0 Å². The number of pyridine rings is 1. The van der Waals surface area contributed by atoms with Crippen LogP contribution in [0.25, 0.3) is 0 Å². The van der Waals surface area contributed by atoms with E-state index in [1.54, 1.807) is 6.20 Å². The summed E-state index contributed by atoms with van der Waals surface area (Å²) in [7, 11) is 0. The molecule has 0 saturated heterocycles. The fourth-order valence-corrected chi connectivity index (χ4v) is 1.52. The van der Waals surface area contributed by atoms with Gasteiger partial charge in [0.1, 0.15) is 0 Å². The number of anilines is 2. The molecular formula is C13H23N3O. The molecule has 0 amide bonds. The van der Waals surface area contributed by atoms with Gasteiger partial charge in [-0.3, -0.25) is 4.98 Å². The van der Waals surface area contributed by atoms with Gasteiger partial charge in [-0.15, -0.1) is 0 Å². The van der Waals surface area contributed by atoms with Crippen molar-refractivity contribution in [1.82, 2.24) is 4.98 Å². The van der Waals surface area contributed by atoms with E-state index in [0.29, 0.717) is 5.92 Å². The monoisotopic (exact) mass is 237 g/mol. The molecule has 1 unspecified atom stereocenters. The SMILES string of the molecule is CCCNc1cncc(NC(CO)C(C)C)c1. The smallest absolute Gasteiger partial charge is 0.0635 e. The zero-order chi connectivity index (χ0) is 12.7. The molecule has 0 aliphatic rings. The minimum absolute atomic E-state index is 0.0678. The summed E-state index contributed by atoms with van der Waals surface area (Å²) in [5.41, 5.74) is 1.95. The molecule has 0 saturated carbocycles. The van der Waals surface area contributed by atoms with Crippen molar-refractivity contribution in [1.29, 1.82) is 0 Å². The van der Waals surface area contributed by atoms with Crippen molar-refractivity contribution >= 4 is 11.4 Å². The molecule has 0 aliphatic heterocycles. The van der Waals surface area contributed by atoms with Gasteiger partial charge in [-0.2, -0.15) is 0 Å². The lowest BCUT2D eigenvalue weighted by Crippen LogP contribution is -2.29. The molecule has 1 aromatic rings. The number of nitrogens with zero attached hydrogens (tertiary/aromatic N) is 1. The molecule has 0 bridgehead atoms. The molecule has 4 nitrogen and oxygen atoms in total. The molecule has 0 aliphatic carbocycles. The first-order chi connectivity index (χ1) is 8.17. The van der Waals surface area contributed by atoms with Crippen molar-refractivity contribution < 1.29 is 5.11 Å². The summed E-state index contributed by atoms with van der Waals surface area (Å²) in [5.74, 6) is 0.382. The van der Waals surface area contributed by atoms with Crippen LogP contribution in [0.4, 0.5) is 11.4 Å². The van der Waals surface area contributed by atoms with Crippen LogP contribution in [-0.4, -0.2) is 29.3 Å². The van der Waals surface area contributed by atoms with Gasteiger partial charge >= 0.3 is 0 Å². The molecule has 3 N–H and O–H groups in total. The predicted octanol–water partition coefficient (Wildman–Crippen LogP) is 2.33. The molecule has 1 rings (SSSR count). The summed E-state index contributed by atoms with van der Waals surface area (Å²) >= 11 is 0. The van der Waals surface area contributed by atoms with Crippen LogP contribution in [0.3, 0.4) is 0 Å². The van der Waals surface area contributed by atoms with Gasteiger partial charge in [0.2, 0.25) is 0 Å². The van der Waals surface area contributed by atoms with E-state index in [9.17, 15) is 5.11 Å². The lowest BCUT2D eigenvalue weighted by atomic mass is 10.1. The molecule has 0 spiro atoms. The molecule has 1 heterocycles. The Morgan fingerprint density at radius 1 is 1.29 bits per heavy atom. The van der Waals surface area contributed by atoms with E-state index in [4.69, 9.17) is 0 Å². The summed E-state index contributed by atoms with van der Waals surface area (Å²) in [4.78, 5) is 4.18. The second-order valence-corrected chi connectivity index (χ2v) is 4.57. The van der Waals surface area contributed by atoms with Gasteiger partial charge in [-0.05, 0) is 18.4 Å². The number of hydrogen-bond acceptors (Lipinski definition) is 4. The third-order valence-corrected chi connectivity index (χ3v) is 2.67. The second kappa shape index (κ2) is 7.12. The van der Waals surface area contributed by atoms with Gasteiger partial charge in [0.25, 0.3) is 0 Å². The van der Waals surface area contributed by atoms with Crippen LogP contribution in [0.1, 0.15) is 27.2 Å². The van der Waals surface area contributed by atoms with Crippen molar-refractivity contribution in [2.45, 2.75) is 33.2 Å². The number of rotatable bonds is 7. The maximum Gasteiger partial charge on any atom is 0.0635 e. The lowest BCUT2D eigenvalue weighted by Gasteiger charge is -2.21. The zero-order valence-electron chi connectivity index (χ0n) is 10.9. The molecule has 17 heavy (non-hydrogen) atoms. The minimum atomic E-state index is 0.0678. The number of hydrogen-bond donors (Lipinski definition) is 3. The Balaban J connectivity index is 2.64. The van der Waals surface area contributed by atoms with Crippen LogP contribution < -0.4 is 10.6 Å². The summed E-state index contributed by atoms with van der Waals surface area (Å²) in [6.07, 6.45) is 4.68. The van der Waals surface area contributed by atoms with Crippen LogP contribution in [0, 0.1) is 5.92 Å². The molecule has 1 atom stereocenters. The topological polar surface area (TPSA) is 57.2 Å². The Labute approximate surface area is 103 Å². The van der Waals surface area contributed by atoms with E-state index in [0.717, 1.165) is 24.3 Å². The van der Waals surface area contributed by atoms with E-state index < -0.39 is 0 Å². The summed E-state index contributed by atoms with van der Waals surface area (Å²) in [6.45, 7) is 7.37. The van der Waals surface area contributed by atoms with Gasteiger partial charge in [0.15, 0.2) is 0 Å². The highest BCUT2D eigenvalue weighted by Crippen LogP contribution is 2.16. The van der Waals surface area contributed by atoms with Crippen LogP contribution in [-0.2, 0) is 0 Å². The van der Waals surface area contributed by atoms with Crippen molar-refractivity contribution in [2.75, 3.05) is 23.8 Å². The van der Waals surface area contributed by atoms with Gasteiger partial charge in [-0.25, -0.2) is 0 Å². The maximum absolute atomic E-state index is 9.27. The van der Waals surface area contributed by atoms with Gasteiger partial charge in [0.05, 0.1) is 36.4 Å². The van der Waals surface area contributed by atoms with Crippen LogP contribution in [0.15, 0.2) is 18.5 Å². The molecule has 0 radical (unpaired) electrons.